The maximum Gasteiger partial charge on any atom is 0.0671 e. The van der Waals surface area contributed by atoms with Crippen LogP contribution in [0.2, 0.25) is 10.0 Å². The van der Waals surface area contributed by atoms with Crippen LogP contribution < -0.4 is 5.73 Å². The lowest BCUT2D eigenvalue weighted by Crippen LogP contribution is -2.37. The fraction of sp³-hybridized carbons (Fsp3) is 0.571. The minimum Gasteiger partial charge on any atom is -0.392 e. The first kappa shape index (κ1) is 15.8. The predicted molar refractivity (Wildman–Crippen MR) is 78.3 cm³/mol. The molecule has 0 bridgehead atoms. The van der Waals surface area contributed by atoms with Crippen LogP contribution in [-0.2, 0) is 0 Å². The molecule has 0 saturated heterocycles. The Kier molecular flexibility index (Phi) is 5.47. The number of halogens is 2. The Morgan fingerprint density at radius 1 is 1.28 bits per heavy atom. The van der Waals surface area contributed by atoms with Crippen molar-refractivity contribution >= 4 is 23.2 Å². The van der Waals surface area contributed by atoms with Gasteiger partial charge in [-0.2, -0.15) is 0 Å². The zero-order chi connectivity index (χ0) is 13.9. The van der Waals surface area contributed by atoms with Gasteiger partial charge in [-0.3, -0.25) is 0 Å². The molecular formula is C14H21Cl2NO. The molecule has 2 unspecified atom stereocenters. The average molecular weight is 290 g/mol. The zero-order valence-corrected chi connectivity index (χ0v) is 12.6. The summed E-state index contributed by atoms with van der Waals surface area (Å²) < 4.78 is 0. The van der Waals surface area contributed by atoms with Crippen molar-refractivity contribution in [3.63, 3.8) is 0 Å². The van der Waals surface area contributed by atoms with Gasteiger partial charge in [-0.1, -0.05) is 50.0 Å². The minimum absolute atomic E-state index is 0.130. The number of hydrogen-bond donors (Lipinski definition) is 2. The first-order chi connectivity index (χ1) is 8.33. The fourth-order valence-corrected chi connectivity index (χ4v) is 2.25. The third-order valence-corrected chi connectivity index (χ3v) is 4.46. The van der Waals surface area contributed by atoms with E-state index in [-0.39, 0.29) is 11.3 Å². The SMILES string of the molecule is CCC(C)(C)C(O)C(CN)c1ccc(Cl)c(Cl)c1. The van der Waals surface area contributed by atoms with Crippen LogP contribution in [0.1, 0.15) is 38.7 Å². The lowest BCUT2D eigenvalue weighted by atomic mass is 9.75. The second-order valence-electron chi connectivity index (χ2n) is 5.30. The lowest BCUT2D eigenvalue weighted by molar-refractivity contribution is 0.0265. The molecule has 1 rings (SSSR count). The van der Waals surface area contributed by atoms with E-state index in [9.17, 15) is 5.11 Å². The van der Waals surface area contributed by atoms with Crippen molar-refractivity contribution in [1.82, 2.24) is 0 Å². The van der Waals surface area contributed by atoms with E-state index in [0.29, 0.717) is 16.6 Å². The van der Waals surface area contributed by atoms with Gasteiger partial charge in [0.25, 0.3) is 0 Å². The molecule has 0 aliphatic carbocycles. The Balaban J connectivity index is 3.06. The van der Waals surface area contributed by atoms with Gasteiger partial charge in [-0.05, 0) is 29.5 Å². The van der Waals surface area contributed by atoms with Gasteiger partial charge in [0, 0.05) is 12.5 Å². The smallest absolute Gasteiger partial charge is 0.0671 e. The molecule has 1 aromatic rings. The first-order valence-corrected chi connectivity index (χ1v) is 6.92. The summed E-state index contributed by atoms with van der Waals surface area (Å²) in [6.07, 6.45) is 0.371. The topological polar surface area (TPSA) is 46.2 Å². The summed E-state index contributed by atoms with van der Waals surface area (Å²) in [7, 11) is 0. The van der Waals surface area contributed by atoms with Crippen LogP contribution in [0.4, 0.5) is 0 Å². The summed E-state index contributed by atoms with van der Waals surface area (Å²) in [4.78, 5) is 0. The number of aliphatic hydroxyl groups is 1. The van der Waals surface area contributed by atoms with Crippen LogP contribution in [0.25, 0.3) is 0 Å². The van der Waals surface area contributed by atoms with Crippen LogP contribution >= 0.6 is 23.2 Å². The molecule has 0 radical (unpaired) electrons. The van der Waals surface area contributed by atoms with Crippen LogP contribution in [0, 0.1) is 5.41 Å². The van der Waals surface area contributed by atoms with Gasteiger partial charge in [0.1, 0.15) is 0 Å². The number of aliphatic hydroxyl groups excluding tert-OH is 1. The summed E-state index contributed by atoms with van der Waals surface area (Å²) in [6, 6.07) is 5.41. The zero-order valence-electron chi connectivity index (χ0n) is 11.1. The van der Waals surface area contributed by atoms with E-state index in [4.69, 9.17) is 28.9 Å². The summed E-state index contributed by atoms with van der Waals surface area (Å²) >= 11 is 11.9. The Labute approximate surface area is 119 Å². The van der Waals surface area contributed by atoms with Gasteiger partial charge >= 0.3 is 0 Å². The highest BCUT2D eigenvalue weighted by Crippen LogP contribution is 2.35. The van der Waals surface area contributed by atoms with Gasteiger partial charge in [0.2, 0.25) is 0 Å². The van der Waals surface area contributed by atoms with Gasteiger partial charge < -0.3 is 10.8 Å². The Hall–Kier alpha value is -0.280. The Morgan fingerprint density at radius 3 is 2.33 bits per heavy atom. The molecule has 0 amide bonds. The standard InChI is InChI=1S/C14H21Cl2NO/c1-4-14(2,3)13(18)10(8-17)9-5-6-11(15)12(16)7-9/h5-7,10,13,18H,4,8,17H2,1-3H3. The van der Waals surface area contributed by atoms with E-state index >= 15 is 0 Å². The summed E-state index contributed by atoms with van der Waals surface area (Å²) in [6.45, 7) is 6.52. The average Bonchev–Trinajstić information content (AvgIpc) is 2.34. The number of rotatable bonds is 5. The number of benzene rings is 1. The summed E-state index contributed by atoms with van der Waals surface area (Å²) in [5, 5.41) is 11.5. The number of nitrogens with two attached hydrogens (primary N) is 1. The molecule has 1 aromatic carbocycles. The van der Waals surface area contributed by atoms with E-state index in [1.54, 1.807) is 12.1 Å². The second-order valence-corrected chi connectivity index (χ2v) is 6.12. The van der Waals surface area contributed by atoms with Crippen molar-refractivity contribution in [3.8, 4) is 0 Å². The van der Waals surface area contributed by atoms with E-state index in [1.165, 1.54) is 0 Å². The van der Waals surface area contributed by atoms with E-state index < -0.39 is 6.10 Å². The van der Waals surface area contributed by atoms with Crippen molar-refractivity contribution in [2.45, 2.75) is 39.2 Å². The van der Waals surface area contributed by atoms with Crippen molar-refractivity contribution in [2.24, 2.45) is 11.1 Å². The molecule has 0 aliphatic heterocycles. The Bertz CT molecular complexity index is 407. The molecular weight excluding hydrogens is 269 g/mol. The molecule has 0 spiro atoms. The van der Waals surface area contributed by atoms with Gasteiger partial charge in [-0.25, -0.2) is 0 Å². The predicted octanol–water partition coefficient (Wildman–Crippen LogP) is 3.83. The van der Waals surface area contributed by atoms with Crippen molar-refractivity contribution in [1.29, 1.82) is 0 Å². The highest BCUT2D eigenvalue weighted by molar-refractivity contribution is 6.42. The molecule has 102 valence electrons. The van der Waals surface area contributed by atoms with E-state index in [1.807, 2.05) is 19.9 Å². The second kappa shape index (κ2) is 6.25. The van der Waals surface area contributed by atoms with E-state index in [2.05, 4.69) is 6.92 Å². The monoisotopic (exact) mass is 289 g/mol. The fourth-order valence-electron chi connectivity index (χ4n) is 1.94. The van der Waals surface area contributed by atoms with Gasteiger partial charge in [-0.15, -0.1) is 0 Å². The maximum absolute atomic E-state index is 10.5. The highest BCUT2D eigenvalue weighted by Gasteiger charge is 2.33. The van der Waals surface area contributed by atoms with Crippen molar-refractivity contribution in [2.75, 3.05) is 6.54 Å². The van der Waals surface area contributed by atoms with Gasteiger partial charge in [0.05, 0.1) is 16.1 Å². The molecule has 0 fully saturated rings. The van der Waals surface area contributed by atoms with Crippen LogP contribution in [-0.4, -0.2) is 17.8 Å². The molecule has 0 aromatic heterocycles. The normalized spacial score (nSPS) is 15.5. The highest BCUT2D eigenvalue weighted by atomic mass is 35.5. The lowest BCUT2D eigenvalue weighted by Gasteiger charge is -2.35. The minimum atomic E-state index is -0.509. The molecule has 4 heteroatoms. The molecule has 18 heavy (non-hydrogen) atoms. The molecule has 2 atom stereocenters. The Morgan fingerprint density at radius 2 is 1.89 bits per heavy atom. The molecule has 2 nitrogen and oxygen atoms in total. The van der Waals surface area contributed by atoms with E-state index in [0.717, 1.165) is 12.0 Å². The van der Waals surface area contributed by atoms with Crippen LogP contribution in [0.15, 0.2) is 18.2 Å². The summed E-state index contributed by atoms with van der Waals surface area (Å²) in [5.74, 6) is -0.130. The van der Waals surface area contributed by atoms with Gasteiger partial charge in [0.15, 0.2) is 0 Å². The molecule has 0 heterocycles. The molecule has 0 aliphatic rings. The largest absolute Gasteiger partial charge is 0.392 e. The third kappa shape index (κ3) is 3.39. The van der Waals surface area contributed by atoms with Crippen LogP contribution in [0.5, 0.6) is 0 Å². The van der Waals surface area contributed by atoms with Crippen molar-refractivity contribution in [3.05, 3.63) is 33.8 Å². The summed E-state index contributed by atoms with van der Waals surface area (Å²) in [5.41, 5.74) is 6.56. The van der Waals surface area contributed by atoms with Crippen molar-refractivity contribution < 1.29 is 5.11 Å². The molecule has 3 N–H and O–H groups in total. The quantitative estimate of drug-likeness (QED) is 0.865. The number of hydrogen-bond acceptors (Lipinski definition) is 2. The van der Waals surface area contributed by atoms with Crippen LogP contribution in [0.3, 0.4) is 0 Å². The first-order valence-electron chi connectivity index (χ1n) is 6.16. The molecule has 0 saturated carbocycles. The maximum atomic E-state index is 10.5. The third-order valence-electron chi connectivity index (χ3n) is 3.72.